The van der Waals surface area contributed by atoms with Crippen LogP contribution >= 0.6 is 15.9 Å². The van der Waals surface area contributed by atoms with Gasteiger partial charge in [0.05, 0.1) is 5.33 Å². The summed E-state index contributed by atoms with van der Waals surface area (Å²) in [6, 6.07) is 5.23. The van der Waals surface area contributed by atoms with Crippen LogP contribution < -0.4 is 5.32 Å². The Morgan fingerprint density at radius 1 is 1.50 bits per heavy atom. The third-order valence-corrected chi connectivity index (χ3v) is 2.75. The highest BCUT2D eigenvalue weighted by Crippen LogP contribution is 2.17. The van der Waals surface area contributed by atoms with Crippen LogP contribution in [0.4, 0.5) is 0 Å². The molecule has 1 N–H and O–H groups in total. The van der Waals surface area contributed by atoms with Crippen LogP contribution in [0.15, 0.2) is 18.2 Å². The smallest absolute Gasteiger partial charge is 0.251 e. The highest BCUT2D eigenvalue weighted by molar-refractivity contribution is 9.09. The number of carbonyl (C=O) groups excluding carboxylic acids is 2. The molecule has 0 fully saturated rings. The summed E-state index contributed by atoms with van der Waals surface area (Å²) in [5.74, 6) is -0.100. The Kier molecular flexibility index (Phi) is 2.37. The van der Waals surface area contributed by atoms with Crippen LogP contribution in [-0.4, -0.2) is 17.0 Å². The number of ketones is 1. The van der Waals surface area contributed by atoms with Crippen molar-refractivity contribution in [2.24, 2.45) is 0 Å². The van der Waals surface area contributed by atoms with Gasteiger partial charge in [0, 0.05) is 17.7 Å². The normalized spacial score (nSPS) is 13.6. The molecule has 1 aromatic rings. The fourth-order valence-corrected chi connectivity index (χ4v) is 1.79. The van der Waals surface area contributed by atoms with E-state index in [1.54, 1.807) is 12.1 Å². The van der Waals surface area contributed by atoms with Crippen LogP contribution in [0.2, 0.25) is 0 Å². The molecule has 2 rings (SSSR count). The lowest BCUT2D eigenvalue weighted by molar-refractivity contribution is 0.0965. The molecule has 0 radical (unpaired) electrons. The first-order chi connectivity index (χ1) is 6.72. The number of nitrogens with one attached hydrogen (secondary N) is 1. The first-order valence-electron chi connectivity index (χ1n) is 4.22. The van der Waals surface area contributed by atoms with Gasteiger partial charge in [-0.15, -0.1) is 0 Å². The maximum absolute atomic E-state index is 11.3. The molecule has 14 heavy (non-hydrogen) atoms. The van der Waals surface area contributed by atoms with Crippen LogP contribution in [-0.2, 0) is 6.54 Å². The fourth-order valence-electron chi connectivity index (χ4n) is 1.46. The number of alkyl halides is 1. The van der Waals surface area contributed by atoms with Crippen molar-refractivity contribution in [2.75, 3.05) is 5.33 Å². The van der Waals surface area contributed by atoms with Gasteiger partial charge < -0.3 is 5.32 Å². The van der Waals surface area contributed by atoms with Gasteiger partial charge in [0.2, 0.25) is 0 Å². The molecule has 0 unspecified atom stereocenters. The number of benzene rings is 1. The zero-order chi connectivity index (χ0) is 10.1. The van der Waals surface area contributed by atoms with Gasteiger partial charge in [-0.25, -0.2) is 0 Å². The van der Waals surface area contributed by atoms with E-state index in [1.165, 1.54) is 0 Å². The second-order valence-electron chi connectivity index (χ2n) is 3.11. The van der Waals surface area contributed by atoms with Crippen LogP contribution in [0.25, 0.3) is 0 Å². The molecule has 0 saturated carbocycles. The molecule has 0 saturated heterocycles. The molecule has 0 atom stereocenters. The van der Waals surface area contributed by atoms with Crippen molar-refractivity contribution in [3.05, 3.63) is 34.9 Å². The second-order valence-corrected chi connectivity index (χ2v) is 3.67. The molecular weight excluding hydrogens is 246 g/mol. The average Bonchev–Trinajstić information content (AvgIpc) is 2.59. The molecule has 1 heterocycles. The quantitative estimate of drug-likeness (QED) is 0.642. The largest absolute Gasteiger partial charge is 0.348 e. The number of hydrogen-bond donors (Lipinski definition) is 1. The minimum Gasteiger partial charge on any atom is -0.348 e. The molecule has 0 spiro atoms. The predicted octanol–water partition coefficient (Wildman–Crippen LogP) is 1.51. The Morgan fingerprint density at radius 2 is 2.29 bits per heavy atom. The topological polar surface area (TPSA) is 46.2 Å². The summed E-state index contributed by atoms with van der Waals surface area (Å²) >= 11 is 3.10. The lowest BCUT2D eigenvalue weighted by Crippen LogP contribution is -2.12. The number of hydrogen-bond acceptors (Lipinski definition) is 2. The number of halogens is 1. The highest BCUT2D eigenvalue weighted by Gasteiger charge is 2.19. The summed E-state index contributed by atoms with van der Waals surface area (Å²) in [4.78, 5) is 22.6. The molecule has 0 aromatic heterocycles. The van der Waals surface area contributed by atoms with Gasteiger partial charge in [0.15, 0.2) is 5.78 Å². The van der Waals surface area contributed by atoms with E-state index < -0.39 is 0 Å². The molecule has 0 bridgehead atoms. The molecule has 1 aromatic carbocycles. The maximum atomic E-state index is 11.3. The van der Waals surface area contributed by atoms with Gasteiger partial charge >= 0.3 is 0 Å². The molecule has 0 aliphatic carbocycles. The van der Waals surface area contributed by atoms with E-state index in [-0.39, 0.29) is 17.0 Å². The Bertz CT molecular complexity index is 415. The molecule has 4 heteroatoms. The van der Waals surface area contributed by atoms with Crippen molar-refractivity contribution in [3.63, 3.8) is 0 Å². The summed E-state index contributed by atoms with van der Waals surface area (Å²) in [6.45, 7) is 0.566. The van der Waals surface area contributed by atoms with E-state index in [1.807, 2.05) is 6.07 Å². The zero-order valence-electron chi connectivity index (χ0n) is 7.34. The van der Waals surface area contributed by atoms with Crippen LogP contribution in [0, 0.1) is 0 Å². The van der Waals surface area contributed by atoms with E-state index >= 15 is 0 Å². The lowest BCUT2D eigenvalue weighted by Gasteiger charge is -1.99. The second kappa shape index (κ2) is 3.53. The monoisotopic (exact) mass is 253 g/mol. The summed E-state index contributed by atoms with van der Waals surface area (Å²) in [5, 5.41) is 2.99. The zero-order valence-corrected chi connectivity index (χ0v) is 8.93. The van der Waals surface area contributed by atoms with Gasteiger partial charge in [-0.2, -0.15) is 0 Å². The van der Waals surface area contributed by atoms with Crippen LogP contribution in [0.1, 0.15) is 26.3 Å². The van der Waals surface area contributed by atoms with E-state index in [0.717, 1.165) is 5.56 Å². The number of rotatable bonds is 2. The Morgan fingerprint density at radius 3 is 3.00 bits per heavy atom. The molecule has 72 valence electrons. The maximum Gasteiger partial charge on any atom is 0.251 e. The van der Waals surface area contributed by atoms with Gasteiger partial charge in [0.1, 0.15) is 0 Å². The predicted molar refractivity (Wildman–Crippen MR) is 55.7 cm³/mol. The van der Waals surface area contributed by atoms with Gasteiger partial charge in [0.25, 0.3) is 5.91 Å². The van der Waals surface area contributed by atoms with E-state index in [9.17, 15) is 9.59 Å². The summed E-state index contributed by atoms with van der Waals surface area (Å²) in [5.41, 5.74) is 2.16. The van der Waals surface area contributed by atoms with Crippen molar-refractivity contribution in [1.29, 1.82) is 0 Å². The third kappa shape index (κ3) is 1.46. The van der Waals surface area contributed by atoms with Gasteiger partial charge in [-0.05, 0) is 11.6 Å². The molecular formula is C10H8BrNO2. The summed E-state index contributed by atoms with van der Waals surface area (Å²) in [6.07, 6.45) is 0. The van der Waals surface area contributed by atoms with E-state index in [2.05, 4.69) is 21.2 Å². The van der Waals surface area contributed by atoms with Crippen molar-refractivity contribution in [2.45, 2.75) is 6.54 Å². The van der Waals surface area contributed by atoms with E-state index in [4.69, 9.17) is 0 Å². The van der Waals surface area contributed by atoms with Crippen LogP contribution in [0.3, 0.4) is 0 Å². The first kappa shape index (κ1) is 9.40. The molecule has 3 nitrogen and oxygen atoms in total. The van der Waals surface area contributed by atoms with Crippen molar-refractivity contribution < 1.29 is 9.59 Å². The average molecular weight is 254 g/mol. The van der Waals surface area contributed by atoms with Crippen molar-refractivity contribution >= 4 is 27.6 Å². The van der Waals surface area contributed by atoms with Gasteiger partial charge in [-0.3, -0.25) is 9.59 Å². The Labute approximate surface area is 89.6 Å². The lowest BCUT2D eigenvalue weighted by atomic mass is 10.0. The molecule has 1 amide bonds. The van der Waals surface area contributed by atoms with Crippen LogP contribution in [0.5, 0.6) is 0 Å². The molecule has 1 aliphatic heterocycles. The van der Waals surface area contributed by atoms with Gasteiger partial charge in [-0.1, -0.05) is 28.1 Å². The number of Topliss-reactive ketones (excluding diaryl/α,β-unsaturated/α-hetero) is 1. The summed E-state index contributed by atoms with van der Waals surface area (Å²) < 4.78 is 0. The standard InChI is InChI=1S/C10H8BrNO2/c11-4-9(13)6-1-2-7-5-12-10(14)8(7)3-6/h1-3H,4-5H2,(H,12,14). The fraction of sp³-hybridized carbons (Fsp3) is 0.200. The summed E-state index contributed by atoms with van der Waals surface area (Å²) in [7, 11) is 0. The first-order valence-corrected chi connectivity index (χ1v) is 5.35. The number of amides is 1. The minimum atomic E-state index is -0.0933. The SMILES string of the molecule is O=C(CBr)c1ccc2c(c1)C(=O)NC2. The number of carbonyl (C=O) groups is 2. The molecule has 1 aliphatic rings. The number of fused-ring (bicyclic) bond motifs is 1. The van der Waals surface area contributed by atoms with Crippen molar-refractivity contribution in [1.82, 2.24) is 5.32 Å². The Balaban J connectivity index is 2.44. The van der Waals surface area contributed by atoms with E-state index in [0.29, 0.717) is 17.7 Å². The van der Waals surface area contributed by atoms with Crippen molar-refractivity contribution in [3.8, 4) is 0 Å². The minimum absolute atomic E-state index is 0.00694. The third-order valence-electron chi connectivity index (χ3n) is 2.24. The Hall–Kier alpha value is -1.16. The highest BCUT2D eigenvalue weighted by atomic mass is 79.9.